The van der Waals surface area contributed by atoms with Gasteiger partial charge in [0.2, 0.25) is 0 Å². The highest BCUT2D eigenvalue weighted by Crippen LogP contribution is 2.37. The fourth-order valence-electron chi connectivity index (χ4n) is 2.50. The van der Waals surface area contributed by atoms with Crippen molar-refractivity contribution in [3.05, 3.63) is 15.5 Å². The summed E-state index contributed by atoms with van der Waals surface area (Å²) < 4.78 is 0.742. The van der Waals surface area contributed by atoms with E-state index in [1.165, 1.54) is 0 Å². The minimum Gasteiger partial charge on any atom is -0.326 e. The molecule has 0 radical (unpaired) electrons. The molecule has 0 spiro atoms. The molecule has 2 unspecified atom stereocenters. The van der Waals surface area contributed by atoms with Gasteiger partial charge >= 0.3 is 0 Å². The van der Waals surface area contributed by atoms with Gasteiger partial charge < -0.3 is 5.73 Å². The van der Waals surface area contributed by atoms with Crippen LogP contribution in [0.5, 0.6) is 0 Å². The lowest BCUT2D eigenvalue weighted by Crippen LogP contribution is -2.53. The molecule has 1 aromatic heterocycles. The molecule has 0 aromatic carbocycles. The van der Waals surface area contributed by atoms with Crippen molar-refractivity contribution in [3.63, 3.8) is 0 Å². The van der Waals surface area contributed by atoms with Crippen LogP contribution in [-0.4, -0.2) is 28.0 Å². The summed E-state index contributed by atoms with van der Waals surface area (Å²) in [5.74, 6) is 0. The topological polar surface area (TPSA) is 42.1 Å². The highest BCUT2D eigenvalue weighted by atomic mass is 35.5. The van der Waals surface area contributed by atoms with Crippen molar-refractivity contribution in [2.45, 2.75) is 51.2 Å². The number of aromatic nitrogens is 1. The third-order valence-corrected chi connectivity index (χ3v) is 4.47. The number of halogens is 1. The summed E-state index contributed by atoms with van der Waals surface area (Å²) >= 11 is 7.54. The molecule has 0 bridgehead atoms. The molecule has 0 amide bonds. The van der Waals surface area contributed by atoms with E-state index in [0.29, 0.717) is 0 Å². The molecule has 5 heteroatoms. The maximum Gasteiger partial charge on any atom is 0.113 e. The lowest BCUT2D eigenvalue weighted by Gasteiger charge is -2.46. The molecule has 2 rings (SSSR count). The third kappa shape index (κ3) is 2.81. The van der Waals surface area contributed by atoms with Crippen molar-refractivity contribution >= 4 is 22.9 Å². The lowest BCUT2D eigenvalue weighted by molar-refractivity contribution is 0.0383. The summed E-state index contributed by atoms with van der Waals surface area (Å²) in [6, 6.07) is 0.367. The van der Waals surface area contributed by atoms with Crippen LogP contribution in [0.1, 0.15) is 44.7 Å². The number of hydrogen-bond donors (Lipinski definition) is 1. The van der Waals surface area contributed by atoms with E-state index in [-0.39, 0.29) is 17.6 Å². The molecule has 0 aliphatic carbocycles. The molecule has 1 aromatic rings. The highest BCUT2D eigenvalue weighted by Gasteiger charge is 2.38. The summed E-state index contributed by atoms with van der Waals surface area (Å²) in [4.78, 5) is 6.87. The van der Waals surface area contributed by atoms with Crippen LogP contribution in [0.25, 0.3) is 0 Å². The van der Waals surface area contributed by atoms with E-state index in [9.17, 15) is 0 Å². The van der Waals surface area contributed by atoms with Crippen LogP contribution in [-0.2, 0) is 0 Å². The second-order valence-corrected chi connectivity index (χ2v) is 7.31. The monoisotopic (exact) mass is 273 g/mol. The first kappa shape index (κ1) is 13.3. The van der Waals surface area contributed by atoms with Crippen molar-refractivity contribution in [2.75, 3.05) is 6.54 Å². The maximum atomic E-state index is 6.29. The lowest BCUT2D eigenvalue weighted by atomic mass is 9.91. The summed E-state index contributed by atoms with van der Waals surface area (Å²) in [6.45, 7) is 7.77. The zero-order valence-corrected chi connectivity index (χ0v) is 12.2. The molecule has 1 aliphatic heterocycles. The van der Waals surface area contributed by atoms with E-state index < -0.39 is 0 Å². The molecule has 3 nitrogen and oxygen atoms in total. The standard InChI is InChI=1S/C12H20ClN3S/c1-12(2,3)16-6-4-5-8(14)10(16)11-15-7-9(13)17-11/h7-8,10H,4-6,14H2,1-3H3. The quantitative estimate of drug-likeness (QED) is 0.855. The molecular formula is C12H20ClN3S. The van der Waals surface area contributed by atoms with E-state index in [1.54, 1.807) is 17.5 Å². The summed E-state index contributed by atoms with van der Waals surface area (Å²) in [5.41, 5.74) is 6.40. The van der Waals surface area contributed by atoms with Gasteiger partial charge in [0.25, 0.3) is 0 Å². The van der Waals surface area contributed by atoms with Crippen LogP contribution in [0.4, 0.5) is 0 Å². The van der Waals surface area contributed by atoms with Crippen molar-refractivity contribution in [1.82, 2.24) is 9.88 Å². The largest absolute Gasteiger partial charge is 0.326 e. The van der Waals surface area contributed by atoms with E-state index in [1.807, 2.05) is 0 Å². The highest BCUT2D eigenvalue weighted by molar-refractivity contribution is 7.15. The second kappa shape index (κ2) is 4.84. The molecule has 17 heavy (non-hydrogen) atoms. The fourth-order valence-corrected chi connectivity index (χ4v) is 3.62. The van der Waals surface area contributed by atoms with Crippen LogP contribution >= 0.6 is 22.9 Å². The maximum absolute atomic E-state index is 6.29. The van der Waals surface area contributed by atoms with Crippen LogP contribution in [0.2, 0.25) is 4.34 Å². The number of rotatable bonds is 1. The van der Waals surface area contributed by atoms with Gasteiger partial charge in [-0.2, -0.15) is 0 Å². The number of nitrogens with zero attached hydrogens (tertiary/aromatic N) is 2. The van der Waals surface area contributed by atoms with Gasteiger partial charge in [-0.15, -0.1) is 11.3 Å². The normalized spacial score (nSPS) is 27.4. The van der Waals surface area contributed by atoms with E-state index in [0.717, 1.165) is 28.7 Å². The Hall–Kier alpha value is -0.160. The smallest absolute Gasteiger partial charge is 0.113 e. The van der Waals surface area contributed by atoms with Gasteiger partial charge in [-0.3, -0.25) is 4.90 Å². The molecule has 96 valence electrons. The van der Waals surface area contributed by atoms with Gasteiger partial charge in [0.05, 0.1) is 12.2 Å². The van der Waals surface area contributed by atoms with Crippen molar-refractivity contribution in [2.24, 2.45) is 5.73 Å². The van der Waals surface area contributed by atoms with Gasteiger partial charge in [0.15, 0.2) is 0 Å². The average Bonchev–Trinajstić information content (AvgIpc) is 2.63. The first-order valence-corrected chi connectivity index (χ1v) is 7.22. The Balaban J connectivity index is 2.31. The Labute approximate surface area is 112 Å². The Morgan fingerprint density at radius 1 is 1.53 bits per heavy atom. The zero-order valence-electron chi connectivity index (χ0n) is 10.6. The Kier molecular flexibility index (Phi) is 3.78. The molecule has 2 heterocycles. The Morgan fingerprint density at radius 3 is 2.76 bits per heavy atom. The predicted octanol–water partition coefficient (Wildman–Crippen LogP) is 3.06. The number of hydrogen-bond acceptors (Lipinski definition) is 4. The van der Waals surface area contributed by atoms with Gasteiger partial charge in [-0.05, 0) is 40.2 Å². The molecular weight excluding hydrogens is 254 g/mol. The van der Waals surface area contributed by atoms with Crippen LogP contribution in [0, 0.1) is 0 Å². The van der Waals surface area contributed by atoms with Crippen molar-refractivity contribution in [1.29, 1.82) is 0 Å². The number of nitrogens with two attached hydrogens (primary N) is 1. The van der Waals surface area contributed by atoms with E-state index in [4.69, 9.17) is 17.3 Å². The van der Waals surface area contributed by atoms with Crippen LogP contribution in [0.15, 0.2) is 6.20 Å². The number of piperidine rings is 1. The minimum atomic E-state index is 0.112. The van der Waals surface area contributed by atoms with E-state index in [2.05, 4.69) is 30.7 Å². The van der Waals surface area contributed by atoms with Crippen LogP contribution < -0.4 is 5.73 Å². The van der Waals surface area contributed by atoms with E-state index >= 15 is 0 Å². The third-order valence-electron chi connectivity index (χ3n) is 3.29. The fraction of sp³-hybridized carbons (Fsp3) is 0.750. The van der Waals surface area contributed by atoms with Gasteiger partial charge in [-0.25, -0.2) is 4.98 Å². The SMILES string of the molecule is CC(C)(C)N1CCCC(N)C1c1ncc(Cl)s1. The minimum absolute atomic E-state index is 0.112. The molecule has 1 fully saturated rings. The Bertz CT molecular complexity index is 385. The predicted molar refractivity (Wildman–Crippen MR) is 73.5 cm³/mol. The molecule has 1 saturated heterocycles. The molecule has 2 N–H and O–H groups in total. The second-order valence-electron chi connectivity index (χ2n) is 5.62. The summed E-state index contributed by atoms with van der Waals surface area (Å²) in [6.07, 6.45) is 3.95. The first-order valence-electron chi connectivity index (χ1n) is 6.03. The number of likely N-dealkylation sites (tertiary alicyclic amines) is 1. The molecule has 0 saturated carbocycles. The van der Waals surface area contributed by atoms with Gasteiger partial charge in [0.1, 0.15) is 9.34 Å². The molecule has 2 atom stereocenters. The summed E-state index contributed by atoms with van der Waals surface area (Å²) in [5, 5.41) is 1.05. The average molecular weight is 274 g/mol. The van der Waals surface area contributed by atoms with Gasteiger partial charge in [0, 0.05) is 11.6 Å². The first-order chi connectivity index (χ1) is 7.89. The number of thiazole rings is 1. The summed E-state index contributed by atoms with van der Waals surface area (Å²) in [7, 11) is 0. The van der Waals surface area contributed by atoms with Crippen LogP contribution in [0.3, 0.4) is 0 Å². The zero-order chi connectivity index (χ0) is 12.6. The van der Waals surface area contributed by atoms with Crippen molar-refractivity contribution < 1.29 is 0 Å². The van der Waals surface area contributed by atoms with Gasteiger partial charge in [-0.1, -0.05) is 11.6 Å². The van der Waals surface area contributed by atoms with Crippen molar-refractivity contribution in [3.8, 4) is 0 Å². The molecule has 1 aliphatic rings. The Morgan fingerprint density at radius 2 is 2.24 bits per heavy atom.